The molecule has 0 amide bonds. The zero-order valence-corrected chi connectivity index (χ0v) is 14.5. The molecule has 1 aromatic carbocycles. The number of halogens is 1. The minimum Gasteiger partial charge on any atom is -0.489 e. The fourth-order valence-corrected chi connectivity index (χ4v) is 2.31. The first-order valence-corrected chi connectivity index (χ1v) is 7.90. The Bertz CT molecular complexity index is 697. The Hall–Kier alpha value is -2.50. The van der Waals surface area contributed by atoms with Crippen LogP contribution in [0.2, 0.25) is 0 Å². The summed E-state index contributed by atoms with van der Waals surface area (Å²) in [5.74, 6) is 2.67. The Morgan fingerprint density at radius 1 is 1.29 bits per heavy atom. The highest BCUT2D eigenvalue weighted by Crippen LogP contribution is 2.14. The van der Waals surface area contributed by atoms with E-state index in [4.69, 9.17) is 9.15 Å². The molecule has 0 bridgehead atoms. The molecule has 1 heterocycles. The lowest BCUT2D eigenvalue weighted by Crippen LogP contribution is -2.41. The van der Waals surface area contributed by atoms with Crippen molar-refractivity contribution in [2.45, 2.75) is 33.4 Å². The summed E-state index contributed by atoms with van der Waals surface area (Å²) in [6.45, 7) is 6.94. The summed E-state index contributed by atoms with van der Waals surface area (Å²) in [5, 5.41) is 6.42. The third kappa shape index (κ3) is 5.30. The van der Waals surface area contributed by atoms with Gasteiger partial charge in [-0.25, -0.2) is 4.39 Å². The van der Waals surface area contributed by atoms with Crippen molar-refractivity contribution >= 4 is 5.96 Å². The Labute approximate surface area is 141 Å². The molecule has 0 radical (unpaired) electrons. The van der Waals surface area contributed by atoms with Gasteiger partial charge in [-0.15, -0.1) is 0 Å². The lowest BCUT2D eigenvalue weighted by molar-refractivity contribution is 0.223. The fourth-order valence-electron chi connectivity index (χ4n) is 2.31. The van der Waals surface area contributed by atoms with Gasteiger partial charge in [-0.1, -0.05) is 6.07 Å². The van der Waals surface area contributed by atoms with Crippen molar-refractivity contribution in [3.63, 3.8) is 0 Å². The average Bonchev–Trinajstić information content (AvgIpc) is 2.85. The van der Waals surface area contributed by atoms with Gasteiger partial charge in [0.1, 0.15) is 29.2 Å². The van der Waals surface area contributed by atoms with Crippen LogP contribution >= 0.6 is 0 Å². The van der Waals surface area contributed by atoms with Crippen LogP contribution in [0, 0.1) is 19.7 Å². The summed E-state index contributed by atoms with van der Waals surface area (Å²) < 4.78 is 24.3. The van der Waals surface area contributed by atoms with Crippen LogP contribution in [-0.2, 0) is 6.54 Å². The molecule has 2 aromatic rings. The molecular formula is C18H24FN3O2. The van der Waals surface area contributed by atoms with Gasteiger partial charge in [0.15, 0.2) is 5.96 Å². The second kappa shape index (κ2) is 8.38. The minimum absolute atomic E-state index is 0.136. The number of furan rings is 1. The first-order chi connectivity index (χ1) is 11.5. The number of nitrogens with one attached hydrogen (secondary N) is 2. The third-order valence-corrected chi connectivity index (χ3v) is 3.50. The molecule has 130 valence electrons. The molecule has 0 aliphatic heterocycles. The summed E-state index contributed by atoms with van der Waals surface area (Å²) in [6, 6.07) is 8.12. The van der Waals surface area contributed by atoms with Crippen LogP contribution in [0.1, 0.15) is 24.0 Å². The van der Waals surface area contributed by atoms with E-state index in [1.165, 1.54) is 12.1 Å². The maximum atomic E-state index is 13.1. The number of benzene rings is 1. The Kier molecular flexibility index (Phi) is 6.23. The standard InChI is InChI=1S/C18H24FN3O2/c1-12-8-15(14(3)23-12)11-22-18(20-4)21-10-13(2)24-17-7-5-6-16(19)9-17/h5-9,13H,10-11H2,1-4H3,(H2,20,21,22). The van der Waals surface area contributed by atoms with E-state index in [2.05, 4.69) is 15.6 Å². The van der Waals surface area contributed by atoms with Crippen molar-refractivity contribution in [1.29, 1.82) is 0 Å². The quantitative estimate of drug-likeness (QED) is 0.630. The lowest BCUT2D eigenvalue weighted by Gasteiger charge is -2.17. The monoisotopic (exact) mass is 333 g/mol. The lowest BCUT2D eigenvalue weighted by atomic mass is 10.2. The van der Waals surface area contributed by atoms with E-state index >= 15 is 0 Å². The van der Waals surface area contributed by atoms with Gasteiger partial charge in [0.2, 0.25) is 0 Å². The van der Waals surface area contributed by atoms with E-state index in [1.807, 2.05) is 26.8 Å². The van der Waals surface area contributed by atoms with Crippen LogP contribution in [0.15, 0.2) is 39.7 Å². The highest BCUT2D eigenvalue weighted by molar-refractivity contribution is 5.79. The number of aliphatic imine (C=N–C) groups is 1. The molecule has 2 N–H and O–H groups in total. The van der Waals surface area contributed by atoms with Crippen LogP contribution in [0.4, 0.5) is 4.39 Å². The Morgan fingerprint density at radius 2 is 2.08 bits per heavy atom. The van der Waals surface area contributed by atoms with Gasteiger partial charge in [-0.3, -0.25) is 4.99 Å². The molecule has 6 heteroatoms. The Morgan fingerprint density at radius 3 is 2.71 bits per heavy atom. The van der Waals surface area contributed by atoms with Crippen LogP contribution in [0.5, 0.6) is 5.75 Å². The molecule has 1 atom stereocenters. The van der Waals surface area contributed by atoms with E-state index < -0.39 is 0 Å². The van der Waals surface area contributed by atoms with E-state index in [9.17, 15) is 4.39 Å². The van der Waals surface area contributed by atoms with E-state index in [-0.39, 0.29) is 11.9 Å². The van der Waals surface area contributed by atoms with Gasteiger partial charge in [0.25, 0.3) is 0 Å². The zero-order valence-electron chi connectivity index (χ0n) is 14.5. The first kappa shape index (κ1) is 17.8. The van der Waals surface area contributed by atoms with Crippen LogP contribution in [0.3, 0.4) is 0 Å². The number of guanidine groups is 1. The number of rotatable bonds is 6. The van der Waals surface area contributed by atoms with Gasteiger partial charge in [0, 0.05) is 25.2 Å². The molecule has 0 aliphatic rings. The number of nitrogens with zero attached hydrogens (tertiary/aromatic N) is 1. The van der Waals surface area contributed by atoms with Crippen LogP contribution < -0.4 is 15.4 Å². The first-order valence-electron chi connectivity index (χ1n) is 7.90. The Balaban J connectivity index is 1.79. The molecular weight excluding hydrogens is 309 g/mol. The van der Waals surface area contributed by atoms with Gasteiger partial charge in [-0.2, -0.15) is 0 Å². The van der Waals surface area contributed by atoms with E-state index in [0.717, 1.165) is 17.1 Å². The molecule has 0 fully saturated rings. The van der Waals surface area contributed by atoms with Crippen molar-refractivity contribution in [3.8, 4) is 5.75 Å². The van der Waals surface area contributed by atoms with Crippen LogP contribution in [-0.4, -0.2) is 25.7 Å². The largest absolute Gasteiger partial charge is 0.489 e. The smallest absolute Gasteiger partial charge is 0.191 e. The molecule has 1 unspecified atom stereocenters. The highest BCUT2D eigenvalue weighted by Gasteiger charge is 2.08. The SMILES string of the molecule is CN=C(NCc1cc(C)oc1C)NCC(C)Oc1cccc(F)c1. The molecule has 0 aliphatic carbocycles. The van der Waals surface area contributed by atoms with E-state index in [1.54, 1.807) is 19.2 Å². The van der Waals surface area contributed by atoms with Gasteiger partial charge in [0.05, 0.1) is 6.54 Å². The van der Waals surface area contributed by atoms with Crippen molar-refractivity contribution in [2.24, 2.45) is 4.99 Å². The fraction of sp³-hybridized carbons (Fsp3) is 0.389. The number of hydrogen-bond acceptors (Lipinski definition) is 3. The van der Waals surface area contributed by atoms with E-state index in [0.29, 0.717) is 24.8 Å². The molecule has 0 saturated heterocycles. The molecule has 24 heavy (non-hydrogen) atoms. The molecule has 2 rings (SSSR count). The zero-order chi connectivity index (χ0) is 17.5. The normalized spacial score (nSPS) is 12.8. The summed E-state index contributed by atoms with van der Waals surface area (Å²) in [4.78, 5) is 4.18. The van der Waals surface area contributed by atoms with Gasteiger partial charge in [-0.05, 0) is 39.0 Å². The summed E-state index contributed by atoms with van der Waals surface area (Å²) >= 11 is 0. The summed E-state index contributed by atoms with van der Waals surface area (Å²) in [7, 11) is 1.71. The van der Waals surface area contributed by atoms with Crippen molar-refractivity contribution in [2.75, 3.05) is 13.6 Å². The summed E-state index contributed by atoms with van der Waals surface area (Å²) in [5.41, 5.74) is 1.10. The van der Waals surface area contributed by atoms with Gasteiger partial charge < -0.3 is 19.8 Å². The predicted molar refractivity (Wildman–Crippen MR) is 92.9 cm³/mol. The average molecular weight is 333 g/mol. The predicted octanol–water partition coefficient (Wildman–Crippen LogP) is 3.17. The number of aryl methyl sites for hydroxylation is 2. The molecule has 5 nitrogen and oxygen atoms in total. The van der Waals surface area contributed by atoms with Gasteiger partial charge >= 0.3 is 0 Å². The second-order valence-corrected chi connectivity index (χ2v) is 5.63. The topological polar surface area (TPSA) is 58.8 Å². The molecule has 1 aromatic heterocycles. The molecule has 0 saturated carbocycles. The number of ether oxygens (including phenoxy) is 1. The summed E-state index contributed by atoms with van der Waals surface area (Å²) in [6.07, 6.45) is -0.136. The van der Waals surface area contributed by atoms with Crippen molar-refractivity contribution in [1.82, 2.24) is 10.6 Å². The number of hydrogen-bond donors (Lipinski definition) is 2. The maximum Gasteiger partial charge on any atom is 0.191 e. The van der Waals surface area contributed by atoms with Crippen LogP contribution in [0.25, 0.3) is 0 Å². The second-order valence-electron chi connectivity index (χ2n) is 5.63. The maximum absolute atomic E-state index is 13.1. The third-order valence-electron chi connectivity index (χ3n) is 3.50. The van der Waals surface area contributed by atoms with Crippen molar-refractivity contribution < 1.29 is 13.5 Å². The highest BCUT2D eigenvalue weighted by atomic mass is 19.1. The molecule has 0 spiro atoms. The van der Waals surface area contributed by atoms with Crippen molar-refractivity contribution in [3.05, 3.63) is 53.2 Å². The minimum atomic E-state index is -0.309.